The maximum atomic E-state index is 12.7. The van der Waals surface area contributed by atoms with Crippen molar-refractivity contribution < 1.29 is 14.0 Å². The van der Waals surface area contributed by atoms with E-state index in [0.717, 1.165) is 4.90 Å². The lowest BCUT2D eigenvalue weighted by Crippen LogP contribution is -2.52. The number of piperazine rings is 1. The van der Waals surface area contributed by atoms with Crippen LogP contribution in [0.5, 0.6) is 0 Å². The first-order valence-electron chi connectivity index (χ1n) is 8.19. The Morgan fingerprint density at radius 3 is 2.46 bits per heavy atom. The van der Waals surface area contributed by atoms with Gasteiger partial charge in [0.2, 0.25) is 5.91 Å². The molecule has 0 saturated carbocycles. The van der Waals surface area contributed by atoms with Crippen molar-refractivity contribution in [2.45, 2.75) is 17.1 Å². The highest BCUT2D eigenvalue weighted by molar-refractivity contribution is 8.00. The summed E-state index contributed by atoms with van der Waals surface area (Å²) in [4.78, 5) is 29.3. The molecule has 138 valence electrons. The van der Waals surface area contributed by atoms with Crippen molar-refractivity contribution in [2.75, 3.05) is 26.2 Å². The molecule has 1 atom stereocenters. The van der Waals surface area contributed by atoms with Crippen LogP contribution in [0, 0.1) is 0 Å². The van der Waals surface area contributed by atoms with Gasteiger partial charge in [-0.1, -0.05) is 23.2 Å². The first-order valence-corrected chi connectivity index (χ1v) is 9.82. The quantitative estimate of drug-likeness (QED) is 0.710. The third-order valence-electron chi connectivity index (χ3n) is 4.16. The number of nitrogens with zero attached hydrogens (tertiary/aromatic N) is 2. The minimum Gasteiger partial charge on any atom is -0.459 e. The third kappa shape index (κ3) is 4.37. The fourth-order valence-corrected chi connectivity index (χ4v) is 4.25. The second kappa shape index (κ2) is 8.37. The number of benzene rings is 1. The molecule has 1 aliphatic rings. The molecule has 2 aromatic rings. The molecular formula is C18H18Cl2N2O3S. The molecule has 2 heterocycles. The molecule has 0 bridgehead atoms. The SMILES string of the molecule is CC(Sc1cc(Cl)ccc1Cl)C(=O)N1CCN(C(=O)c2ccco2)CC1. The van der Waals surface area contributed by atoms with Crippen LogP contribution >= 0.6 is 35.0 Å². The van der Waals surface area contributed by atoms with Gasteiger partial charge >= 0.3 is 0 Å². The minimum atomic E-state index is -0.293. The second-order valence-electron chi connectivity index (χ2n) is 5.93. The first-order chi connectivity index (χ1) is 12.5. The second-order valence-corrected chi connectivity index (χ2v) is 8.16. The predicted octanol–water partition coefficient (Wildman–Crippen LogP) is 4.05. The number of hydrogen-bond acceptors (Lipinski definition) is 4. The summed E-state index contributed by atoms with van der Waals surface area (Å²) in [5.74, 6) is 0.204. The highest BCUT2D eigenvalue weighted by atomic mass is 35.5. The zero-order valence-electron chi connectivity index (χ0n) is 14.2. The molecule has 5 nitrogen and oxygen atoms in total. The van der Waals surface area contributed by atoms with E-state index < -0.39 is 0 Å². The molecule has 1 unspecified atom stereocenters. The largest absolute Gasteiger partial charge is 0.459 e. The molecule has 0 aliphatic carbocycles. The highest BCUT2D eigenvalue weighted by Gasteiger charge is 2.28. The number of furan rings is 1. The van der Waals surface area contributed by atoms with Crippen LogP contribution in [0.3, 0.4) is 0 Å². The average molecular weight is 413 g/mol. The van der Waals surface area contributed by atoms with Crippen LogP contribution in [0.4, 0.5) is 0 Å². The van der Waals surface area contributed by atoms with Crippen LogP contribution in [0.2, 0.25) is 10.0 Å². The van der Waals surface area contributed by atoms with Crippen LogP contribution in [0.1, 0.15) is 17.5 Å². The van der Waals surface area contributed by atoms with Gasteiger partial charge in [0.15, 0.2) is 5.76 Å². The van der Waals surface area contributed by atoms with E-state index in [-0.39, 0.29) is 17.1 Å². The van der Waals surface area contributed by atoms with Crippen molar-refractivity contribution >= 4 is 46.8 Å². The van der Waals surface area contributed by atoms with E-state index in [1.807, 2.05) is 6.92 Å². The van der Waals surface area contributed by atoms with Crippen LogP contribution in [-0.2, 0) is 4.79 Å². The van der Waals surface area contributed by atoms with Gasteiger partial charge in [0, 0.05) is 36.1 Å². The molecule has 1 aromatic carbocycles. The number of halogens is 2. The molecule has 0 spiro atoms. The summed E-state index contributed by atoms with van der Waals surface area (Å²) in [6.07, 6.45) is 1.48. The molecule has 0 N–H and O–H groups in total. The zero-order chi connectivity index (χ0) is 18.7. The molecule has 1 aromatic heterocycles. The number of carbonyl (C=O) groups excluding carboxylic acids is 2. The Balaban J connectivity index is 1.56. The number of rotatable bonds is 4. The van der Waals surface area contributed by atoms with Gasteiger partial charge in [0.1, 0.15) is 0 Å². The summed E-state index contributed by atoms with van der Waals surface area (Å²) in [5, 5.41) is 0.868. The monoisotopic (exact) mass is 412 g/mol. The van der Waals surface area contributed by atoms with Gasteiger partial charge in [-0.3, -0.25) is 9.59 Å². The van der Waals surface area contributed by atoms with Crippen molar-refractivity contribution in [2.24, 2.45) is 0 Å². The standard InChI is InChI=1S/C18H18Cl2N2O3S/c1-12(26-16-11-13(19)4-5-14(16)20)17(23)21-6-8-22(9-7-21)18(24)15-3-2-10-25-15/h2-5,10-12H,6-9H2,1H3. The average Bonchev–Trinajstić information content (AvgIpc) is 3.18. The summed E-state index contributed by atoms with van der Waals surface area (Å²) < 4.78 is 5.15. The molecule has 2 amide bonds. The Morgan fingerprint density at radius 1 is 1.12 bits per heavy atom. The van der Waals surface area contributed by atoms with Gasteiger partial charge in [-0.25, -0.2) is 0 Å². The Labute approximate surface area is 166 Å². The predicted molar refractivity (Wildman–Crippen MR) is 103 cm³/mol. The minimum absolute atomic E-state index is 0.0242. The van der Waals surface area contributed by atoms with E-state index in [4.69, 9.17) is 27.6 Å². The van der Waals surface area contributed by atoms with E-state index >= 15 is 0 Å². The van der Waals surface area contributed by atoms with Gasteiger partial charge in [0.25, 0.3) is 5.91 Å². The van der Waals surface area contributed by atoms with Crippen LogP contribution in [-0.4, -0.2) is 53.0 Å². The van der Waals surface area contributed by atoms with E-state index in [9.17, 15) is 9.59 Å². The fourth-order valence-electron chi connectivity index (χ4n) is 2.75. The van der Waals surface area contributed by atoms with Crippen molar-refractivity contribution in [1.82, 2.24) is 9.80 Å². The van der Waals surface area contributed by atoms with Crippen molar-refractivity contribution in [1.29, 1.82) is 0 Å². The van der Waals surface area contributed by atoms with Crippen LogP contribution in [0.15, 0.2) is 45.9 Å². The van der Waals surface area contributed by atoms with E-state index in [2.05, 4.69) is 0 Å². The summed E-state index contributed by atoms with van der Waals surface area (Å²) in [6.45, 7) is 3.82. The maximum absolute atomic E-state index is 12.7. The Kier molecular flexibility index (Phi) is 6.16. The molecule has 1 saturated heterocycles. The van der Waals surface area contributed by atoms with E-state index in [1.54, 1.807) is 40.1 Å². The Bertz CT molecular complexity index is 790. The normalized spacial score (nSPS) is 15.8. The number of thioether (sulfide) groups is 1. The van der Waals surface area contributed by atoms with Crippen molar-refractivity contribution in [3.05, 3.63) is 52.4 Å². The van der Waals surface area contributed by atoms with Gasteiger partial charge in [0.05, 0.1) is 16.5 Å². The van der Waals surface area contributed by atoms with E-state index in [0.29, 0.717) is 42.0 Å². The summed E-state index contributed by atoms with van der Waals surface area (Å²) in [6, 6.07) is 8.54. The van der Waals surface area contributed by atoms with Gasteiger partial charge in [-0.15, -0.1) is 11.8 Å². The summed E-state index contributed by atoms with van der Waals surface area (Å²) in [7, 11) is 0. The van der Waals surface area contributed by atoms with Crippen molar-refractivity contribution in [3.63, 3.8) is 0 Å². The van der Waals surface area contributed by atoms with Crippen LogP contribution < -0.4 is 0 Å². The van der Waals surface area contributed by atoms with E-state index in [1.165, 1.54) is 18.0 Å². The molecule has 1 aliphatic heterocycles. The van der Waals surface area contributed by atoms with Gasteiger partial charge in [-0.05, 0) is 37.3 Å². The lowest BCUT2D eigenvalue weighted by atomic mass is 10.2. The number of carbonyl (C=O) groups is 2. The highest BCUT2D eigenvalue weighted by Crippen LogP contribution is 2.33. The number of hydrogen-bond donors (Lipinski definition) is 0. The third-order valence-corrected chi connectivity index (χ3v) is 5.98. The molecule has 1 fully saturated rings. The molecular weight excluding hydrogens is 395 g/mol. The molecule has 26 heavy (non-hydrogen) atoms. The summed E-state index contributed by atoms with van der Waals surface area (Å²) in [5.41, 5.74) is 0. The Morgan fingerprint density at radius 2 is 1.81 bits per heavy atom. The first kappa shape index (κ1) is 19.1. The maximum Gasteiger partial charge on any atom is 0.289 e. The zero-order valence-corrected chi connectivity index (χ0v) is 16.5. The topological polar surface area (TPSA) is 53.8 Å². The molecule has 0 radical (unpaired) electrons. The molecule has 8 heteroatoms. The van der Waals surface area contributed by atoms with Gasteiger partial charge in [-0.2, -0.15) is 0 Å². The summed E-state index contributed by atoms with van der Waals surface area (Å²) >= 11 is 13.6. The number of amides is 2. The molecule has 3 rings (SSSR count). The van der Waals surface area contributed by atoms with Gasteiger partial charge < -0.3 is 14.2 Å². The van der Waals surface area contributed by atoms with Crippen LogP contribution in [0.25, 0.3) is 0 Å². The Hall–Kier alpha value is -1.63. The lowest BCUT2D eigenvalue weighted by Gasteiger charge is -2.35. The fraction of sp³-hybridized carbons (Fsp3) is 0.333. The lowest BCUT2D eigenvalue weighted by molar-refractivity contribution is -0.131. The van der Waals surface area contributed by atoms with Crippen molar-refractivity contribution in [3.8, 4) is 0 Å². The smallest absolute Gasteiger partial charge is 0.289 e.